The first-order valence-corrected chi connectivity index (χ1v) is 8.26. The Balaban J connectivity index is 1.44. The summed E-state index contributed by atoms with van der Waals surface area (Å²) in [6, 6.07) is 0. The van der Waals surface area contributed by atoms with Crippen molar-refractivity contribution in [3.63, 3.8) is 0 Å². The Hall–Kier alpha value is -1.65. The number of H-pyrrole nitrogens is 1. The van der Waals surface area contributed by atoms with E-state index in [0.717, 1.165) is 31.7 Å². The quantitative estimate of drug-likeness (QED) is 0.830. The Labute approximate surface area is 126 Å². The second kappa shape index (κ2) is 7.38. The smallest absolute Gasteiger partial charge is 0.0921 e. The summed E-state index contributed by atoms with van der Waals surface area (Å²) in [6.45, 7) is 0.927. The van der Waals surface area contributed by atoms with Crippen LogP contribution in [0.15, 0.2) is 18.7 Å². The molecule has 1 N–H and O–H groups in total. The van der Waals surface area contributed by atoms with Gasteiger partial charge in [-0.2, -0.15) is 0 Å². The first-order chi connectivity index (χ1) is 10.4. The summed E-state index contributed by atoms with van der Waals surface area (Å²) in [4.78, 5) is 7.17. The van der Waals surface area contributed by atoms with Gasteiger partial charge in [-0.1, -0.05) is 43.7 Å². The summed E-state index contributed by atoms with van der Waals surface area (Å²) in [6.07, 6.45) is 17.3. The number of imidazole rings is 1. The third-order valence-electron chi connectivity index (χ3n) is 4.45. The Morgan fingerprint density at radius 1 is 1.19 bits per heavy atom. The van der Waals surface area contributed by atoms with E-state index in [2.05, 4.69) is 26.5 Å². The molecule has 3 rings (SSSR count). The van der Waals surface area contributed by atoms with Crippen molar-refractivity contribution in [3.8, 4) is 0 Å². The number of rotatable bonds is 6. The van der Waals surface area contributed by atoms with Crippen molar-refractivity contribution in [2.75, 3.05) is 0 Å². The van der Waals surface area contributed by atoms with Crippen LogP contribution >= 0.6 is 0 Å². The molecule has 1 aliphatic carbocycles. The molecular weight excluding hydrogens is 262 g/mol. The minimum absolute atomic E-state index is 0.822. The molecule has 0 radical (unpaired) electrons. The number of hydrogen-bond acceptors (Lipinski definition) is 3. The van der Waals surface area contributed by atoms with Crippen LogP contribution in [0.1, 0.15) is 56.3 Å². The minimum Gasteiger partial charge on any atom is -0.348 e. The summed E-state index contributed by atoms with van der Waals surface area (Å²) < 4.78 is 1.99. The number of nitrogens with zero attached hydrogens (tertiary/aromatic N) is 4. The molecule has 114 valence electrons. The van der Waals surface area contributed by atoms with Crippen LogP contribution in [0.5, 0.6) is 0 Å². The van der Waals surface area contributed by atoms with Crippen LogP contribution in [0.25, 0.3) is 0 Å². The van der Waals surface area contributed by atoms with Gasteiger partial charge in [0.2, 0.25) is 0 Å². The fourth-order valence-electron chi connectivity index (χ4n) is 3.26. The van der Waals surface area contributed by atoms with Crippen LogP contribution < -0.4 is 0 Å². The Morgan fingerprint density at radius 2 is 2.05 bits per heavy atom. The molecule has 2 aromatic rings. The lowest BCUT2D eigenvalue weighted by Crippen LogP contribution is -2.03. The predicted molar refractivity (Wildman–Crippen MR) is 81.8 cm³/mol. The highest BCUT2D eigenvalue weighted by atomic mass is 15.4. The number of aromatic amines is 1. The fourth-order valence-corrected chi connectivity index (χ4v) is 3.26. The molecule has 1 fully saturated rings. The number of aryl methyl sites for hydroxylation is 2. The fraction of sp³-hybridized carbons (Fsp3) is 0.688. The second-order valence-corrected chi connectivity index (χ2v) is 6.22. The van der Waals surface area contributed by atoms with E-state index in [4.69, 9.17) is 0 Å². The molecule has 0 unspecified atom stereocenters. The third-order valence-corrected chi connectivity index (χ3v) is 4.45. The van der Waals surface area contributed by atoms with Crippen LogP contribution in [0.2, 0.25) is 0 Å². The van der Waals surface area contributed by atoms with Crippen molar-refractivity contribution in [1.29, 1.82) is 0 Å². The monoisotopic (exact) mass is 287 g/mol. The molecule has 1 aliphatic rings. The van der Waals surface area contributed by atoms with E-state index in [1.807, 2.05) is 10.9 Å². The van der Waals surface area contributed by atoms with Crippen molar-refractivity contribution < 1.29 is 0 Å². The standard InChI is InChI=1S/C16H25N5/c1-2-4-7-14(6-3-1)10-16-12-21(20-19-16)9-5-8-15-11-17-13-18-15/h11-14H,1-10H2,(H,17,18). The average molecular weight is 287 g/mol. The lowest BCUT2D eigenvalue weighted by Gasteiger charge is -2.10. The summed E-state index contributed by atoms with van der Waals surface area (Å²) >= 11 is 0. The van der Waals surface area contributed by atoms with Gasteiger partial charge < -0.3 is 4.98 Å². The van der Waals surface area contributed by atoms with E-state index in [1.54, 1.807) is 6.33 Å². The molecule has 2 heterocycles. The zero-order chi connectivity index (χ0) is 14.3. The van der Waals surface area contributed by atoms with Crippen LogP contribution in [-0.2, 0) is 19.4 Å². The van der Waals surface area contributed by atoms with Gasteiger partial charge >= 0.3 is 0 Å². The first-order valence-electron chi connectivity index (χ1n) is 8.26. The van der Waals surface area contributed by atoms with Crippen molar-refractivity contribution in [2.45, 2.75) is 64.3 Å². The van der Waals surface area contributed by atoms with Gasteiger partial charge in [0, 0.05) is 24.6 Å². The number of nitrogens with one attached hydrogen (secondary N) is 1. The Bertz CT molecular complexity index is 509. The summed E-state index contributed by atoms with van der Waals surface area (Å²) in [5, 5.41) is 8.61. The van der Waals surface area contributed by atoms with Gasteiger partial charge in [0.25, 0.3) is 0 Å². The van der Waals surface area contributed by atoms with Crippen molar-refractivity contribution >= 4 is 0 Å². The van der Waals surface area contributed by atoms with Crippen LogP contribution in [-0.4, -0.2) is 25.0 Å². The number of aromatic nitrogens is 5. The van der Waals surface area contributed by atoms with Crippen molar-refractivity contribution in [1.82, 2.24) is 25.0 Å². The van der Waals surface area contributed by atoms with Crippen molar-refractivity contribution in [3.05, 3.63) is 30.1 Å². The zero-order valence-electron chi connectivity index (χ0n) is 12.7. The second-order valence-electron chi connectivity index (χ2n) is 6.22. The molecular formula is C16H25N5. The normalized spacial score (nSPS) is 17.0. The topological polar surface area (TPSA) is 59.4 Å². The molecule has 0 amide bonds. The van der Waals surface area contributed by atoms with Crippen LogP contribution in [0, 0.1) is 5.92 Å². The lowest BCUT2D eigenvalue weighted by molar-refractivity contribution is 0.453. The van der Waals surface area contributed by atoms with Gasteiger partial charge in [-0.05, 0) is 25.2 Å². The van der Waals surface area contributed by atoms with Gasteiger partial charge in [0.1, 0.15) is 0 Å². The van der Waals surface area contributed by atoms with Crippen molar-refractivity contribution in [2.24, 2.45) is 5.92 Å². The van der Waals surface area contributed by atoms with Gasteiger partial charge in [0.15, 0.2) is 0 Å². The highest BCUT2D eigenvalue weighted by Crippen LogP contribution is 2.25. The van der Waals surface area contributed by atoms with Crippen LogP contribution in [0.3, 0.4) is 0 Å². The van der Waals surface area contributed by atoms with E-state index >= 15 is 0 Å². The molecule has 0 aliphatic heterocycles. The molecule has 0 atom stereocenters. The molecule has 0 bridgehead atoms. The summed E-state index contributed by atoms with van der Waals surface area (Å²) in [5.74, 6) is 0.822. The van der Waals surface area contributed by atoms with Gasteiger partial charge in [0.05, 0.1) is 12.0 Å². The minimum atomic E-state index is 0.822. The third kappa shape index (κ3) is 4.41. The van der Waals surface area contributed by atoms with Gasteiger partial charge in [-0.25, -0.2) is 4.98 Å². The zero-order valence-corrected chi connectivity index (χ0v) is 12.7. The maximum Gasteiger partial charge on any atom is 0.0921 e. The molecule has 5 nitrogen and oxygen atoms in total. The number of hydrogen-bond donors (Lipinski definition) is 1. The molecule has 5 heteroatoms. The van der Waals surface area contributed by atoms with Gasteiger partial charge in [-0.3, -0.25) is 4.68 Å². The highest BCUT2D eigenvalue weighted by molar-refractivity contribution is 4.96. The molecule has 1 saturated carbocycles. The van der Waals surface area contributed by atoms with Gasteiger partial charge in [-0.15, -0.1) is 5.10 Å². The first kappa shape index (κ1) is 14.3. The molecule has 0 spiro atoms. The van der Waals surface area contributed by atoms with Crippen LogP contribution in [0.4, 0.5) is 0 Å². The van der Waals surface area contributed by atoms with E-state index < -0.39 is 0 Å². The Kier molecular flexibility index (Phi) is 5.03. The largest absolute Gasteiger partial charge is 0.348 e. The molecule has 0 aromatic carbocycles. The summed E-state index contributed by atoms with van der Waals surface area (Å²) in [5.41, 5.74) is 2.36. The maximum absolute atomic E-state index is 4.35. The van der Waals surface area contributed by atoms with E-state index in [0.29, 0.717) is 0 Å². The maximum atomic E-state index is 4.35. The molecule has 0 saturated heterocycles. The summed E-state index contributed by atoms with van der Waals surface area (Å²) in [7, 11) is 0. The van der Waals surface area contributed by atoms with E-state index in [9.17, 15) is 0 Å². The lowest BCUT2D eigenvalue weighted by atomic mass is 9.95. The average Bonchev–Trinajstić information content (AvgIpc) is 3.08. The molecule has 21 heavy (non-hydrogen) atoms. The Morgan fingerprint density at radius 3 is 2.81 bits per heavy atom. The highest BCUT2D eigenvalue weighted by Gasteiger charge is 2.14. The van der Waals surface area contributed by atoms with E-state index in [-0.39, 0.29) is 0 Å². The van der Waals surface area contributed by atoms with E-state index in [1.165, 1.54) is 49.9 Å². The SMILES string of the molecule is c1ncc(CCCn2cc(CC3CCCCCC3)nn2)[nH]1. The molecule has 2 aromatic heterocycles. The predicted octanol–water partition coefficient (Wildman–Crippen LogP) is 3.15.